The second-order valence-corrected chi connectivity index (χ2v) is 9.06. The molecule has 1 rings (SSSR count). The summed E-state index contributed by atoms with van der Waals surface area (Å²) in [4.78, 5) is 0. The van der Waals surface area contributed by atoms with Gasteiger partial charge in [0.1, 0.15) is 0 Å². The van der Waals surface area contributed by atoms with Gasteiger partial charge in [0.05, 0.1) is 0 Å². The summed E-state index contributed by atoms with van der Waals surface area (Å²) in [7, 11) is 0. The zero-order valence-electron chi connectivity index (χ0n) is 16.6. The maximum Gasteiger partial charge on any atom is -0.0129 e. The van der Waals surface area contributed by atoms with Crippen LogP contribution in [0.3, 0.4) is 0 Å². The monoisotopic (exact) mass is 315 g/mol. The number of hydrogen-bond acceptors (Lipinski definition) is 0. The maximum absolute atomic E-state index is 3.92. The van der Waals surface area contributed by atoms with E-state index in [-0.39, 0.29) is 10.8 Å². The van der Waals surface area contributed by atoms with Gasteiger partial charge in [-0.15, -0.1) is 0 Å². The first-order chi connectivity index (χ1) is 10.7. The van der Waals surface area contributed by atoms with E-state index in [1.165, 1.54) is 44.9 Å². The summed E-state index contributed by atoms with van der Waals surface area (Å²) in [6.07, 6.45) is 10.4. The lowest BCUT2D eigenvalue weighted by molar-refractivity contribution is 0.543. The van der Waals surface area contributed by atoms with E-state index in [9.17, 15) is 0 Å². The third-order valence-electron chi connectivity index (χ3n) is 4.72. The molecule has 0 fully saturated rings. The molecule has 1 aromatic rings. The van der Waals surface area contributed by atoms with Gasteiger partial charge in [0.15, 0.2) is 0 Å². The summed E-state index contributed by atoms with van der Waals surface area (Å²) in [5.41, 5.74) is 5.16. The van der Waals surface area contributed by atoms with E-state index in [1.54, 1.807) is 16.7 Å². The average molecular weight is 316 g/mol. The summed E-state index contributed by atoms with van der Waals surface area (Å²) in [6, 6.07) is 6.95. The van der Waals surface area contributed by atoms with Crippen molar-refractivity contribution in [3.05, 3.63) is 41.8 Å². The van der Waals surface area contributed by atoms with Crippen LogP contribution in [0.1, 0.15) is 103 Å². The van der Waals surface area contributed by atoms with Crippen LogP contribution in [0.4, 0.5) is 0 Å². The number of rotatable bonds is 8. The summed E-state index contributed by atoms with van der Waals surface area (Å²) >= 11 is 0. The molecule has 0 aliphatic heterocycles. The van der Waals surface area contributed by atoms with Gasteiger partial charge in [0, 0.05) is 0 Å². The summed E-state index contributed by atoms with van der Waals surface area (Å²) in [6.45, 7) is 18.0. The number of benzene rings is 1. The van der Waals surface area contributed by atoms with E-state index < -0.39 is 0 Å². The van der Waals surface area contributed by atoms with Crippen molar-refractivity contribution >= 4 is 0 Å². The molecule has 0 aliphatic carbocycles. The highest BCUT2D eigenvalue weighted by Crippen LogP contribution is 2.34. The molecule has 0 aliphatic rings. The van der Waals surface area contributed by atoms with Crippen LogP contribution in [0.25, 0.3) is 0 Å². The van der Waals surface area contributed by atoms with Gasteiger partial charge in [-0.1, -0.05) is 105 Å². The van der Waals surface area contributed by atoms with E-state index in [1.807, 2.05) is 0 Å². The molecular weight excluding hydrogens is 276 g/mol. The van der Waals surface area contributed by atoms with Crippen molar-refractivity contribution < 1.29 is 0 Å². The standard InChI is InChI=1S/C23H39/c1-8-9-10-11-12-13-14-16-19-20(22(2,3)4)17-15-18-21(19)23(5,6)7/h15,17-18H,1,8-14,16H2,2-7H3. The van der Waals surface area contributed by atoms with Crippen LogP contribution in [0, 0.1) is 6.92 Å². The van der Waals surface area contributed by atoms with Crippen LogP contribution < -0.4 is 0 Å². The molecule has 0 saturated carbocycles. The molecule has 1 radical (unpaired) electrons. The van der Waals surface area contributed by atoms with Crippen molar-refractivity contribution in [3.8, 4) is 0 Å². The van der Waals surface area contributed by atoms with E-state index in [0.29, 0.717) is 0 Å². The zero-order valence-corrected chi connectivity index (χ0v) is 16.6. The molecule has 0 heteroatoms. The Labute approximate surface area is 146 Å². The first kappa shape index (κ1) is 20.3. The van der Waals surface area contributed by atoms with Crippen LogP contribution in [0.15, 0.2) is 18.2 Å². The largest absolute Gasteiger partial charge is 0.0617 e. The van der Waals surface area contributed by atoms with E-state index in [0.717, 1.165) is 6.42 Å². The van der Waals surface area contributed by atoms with Crippen molar-refractivity contribution in [2.45, 2.75) is 104 Å². The van der Waals surface area contributed by atoms with Crippen molar-refractivity contribution in [2.75, 3.05) is 0 Å². The van der Waals surface area contributed by atoms with Gasteiger partial charge in [-0.3, -0.25) is 0 Å². The lowest BCUT2D eigenvalue weighted by Crippen LogP contribution is -2.21. The Hall–Kier alpha value is -0.780. The molecular formula is C23H39. The Morgan fingerprint density at radius 3 is 1.57 bits per heavy atom. The van der Waals surface area contributed by atoms with Crippen molar-refractivity contribution in [3.63, 3.8) is 0 Å². The minimum atomic E-state index is 0.227. The molecule has 131 valence electrons. The fourth-order valence-electron chi connectivity index (χ4n) is 3.45. The molecule has 0 atom stereocenters. The molecule has 0 amide bonds. The van der Waals surface area contributed by atoms with Gasteiger partial charge >= 0.3 is 0 Å². The smallest absolute Gasteiger partial charge is 0.0129 e. The number of unbranched alkanes of at least 4 members (excludes halogenated alkanes) is 6. The Balaban J connectivity index is 2.78. The van der Waals surface area contributed by atoms with Crippen LogP contribution in [0.2, 0.25) is 0 Å². The van der Waals surface area contributed by atoms with Gasteiger partial charge < -0.3 is 0 Å². The predicted molar refractivity (Wildman–Crippen MR) is 105 cm³/mol. The Morgan fingerprint density at radius 2 is 1.13 bits per heavy atom. The summed E-state index contributed by atoms with van der Waals surface area (Å²) < 4.78 is 0. The minimum absolute atomic E-state index is 0.227. The normalized spacial score (nSPS) is 12.7. The van der Waals surface area contributed by atoms with Gasteiger partial charge in [-0.05, 0) is 40.4 Å². The molecule has 0 spiro atoms. The molecule has 0 saturated heterocycles. The average Bonchev–Trinajstić information content (AvgIpc) is 2.44. The quantitative estimate of drug-likeness (QED) is 0.439. The number of hydrogen-bond donors (Lipinski definition) is 0. The lowest BCUT2D eigenvalue weighted by atomic mass is 9.75. The predicted octanol–water partition coefficient (Wildman–Crippen LogP) is 7.39. The second-order valence-electron chi connectivity index (χ2n) is 9.06. The third-order valence-corrected chi connectivity index (χ3v) is 4.72. The van der Waals surface area contributed by atoms with Gasteiger partial charge in [-0.25, -0.2) is 0 Å². The SMILES string of the molecule is [CH2]CCCCCCCCc1c(C(C)(C)C)cccc1C(C)(C)C. The minimum Gasteiger partial charge on any atom is -0.0617 e. The Bertz CT molecular complexity index is 422. The highest BCUT2D eigenvalue weighted by molar-refractivity contribution is 5.42. The van der Waals surface area contributed by atoms with E-state index in [2.05, 4.69) is 66.7 Å². The Morgan fingerprint density at radius 1 is 0.696 bits per heavy atom. The van der Waals surface area contributed by atoms with Crippen molar-refractivity contribution in [2.24, 2.45) is 0 Å². The van der Waals surface area contributed by atoms with Crippen LogP contribution in [-0.4, -0.2) is 0 Å². The van der Waals surface area contributed by atoms with Gasteiger partial charge in [-0.2, -0.15) is 0 Å². The van der Waals surface area contributed by atoms with Crippen LogP contribution >= 0.6 is 0 Å². The highest BCUT2D eigenvalue weighted by atomic mass is 14.3. The van der Waals surface area contributed by atoms with Crippen molar-refractivity contribution in [1.82, 2.24) is 0 Å². The fourth-order valence-corrected chi connectivity index (χ4v) is 3.45. The molecule has 0 heterocycles. The van der Waals surface area contributed by atoms with Gasteiger partial charge in [0.2, 0.25) is 0 Å². The summed E-state index contributed by atoms with van der Waals surface area (Å²) in [5.74, 6) is 0. The van der Waals surface area contributed by atoms with Gasteiger partial charge in [0.25, 0.3) is 0 Å². The molecule has 0 aromatic heterocycles. The van der Waals surface area contributed by atoms with Crippen LogP contribution in [-0.2, 0) is 17.3 Å². The first-order valence-electron chi connectivity index (χ1n) is 9.60. The zero-order chi connectivity index (χ0) is 17.5. The van der Waals surface area contributed by atoms with E-state index >= 15 is 0 Å². The third kappa shape index (κ3) is 6.69. The summed E-state index contributed by atoms with van der Waals surface area (Å²) in [5, 5.41) is 0. The van der Waals surface area contributed by atoms with E-state index in [4.69, 9.17) is 0 Å². The topological polar surface area (TPSA) is 0 Å². The molecule has 0 nitrogen and oxygen atoms in total. The molecule has 23 heavy (non-hydrogen) atoms. The first-order valence-corrected chi connectivity index (χ1v) is 9.60. The van der Waals surface area contributed by atoms with Crippen LogP contribution in [0.5, 0.6) is 0 Å². The molecule has 1 aromatic carbocycles. The second kappa shape index (κ2) is 8.90. The maximum atomic E-state index is 3.92. The Kier molecular flexibility index (Phi) is 7.84. The lowest BCUT2D eigenvalue weighted by Gasteiger charge is -2.30. The van der Waals surface area contributed by atoms with Crippen molar-refractivity contribution in [1.29, 1.82) is 0 Å². The molecule has 0 unspecified atom stereocenters. The highest BCUT2D eigenvalue weighted by Gasteiger charge is 2.24. The molecule has 0 N–H and O–H groups in total. The fraction of sp³-hybridized carbons (Fsp3) is 0.696. The molecule has 0 bridgehead atoms.